The van der Waals surface area contributed by atoms with E-state index < -0.39 is 11.8 Å². The number of nitrogens with one attached hydrogen (secondary N) is 1. The highest BCUT2D eigenvalue weighted by atomic mass is 32.1. The molecule has 7 heteroatoms. The Morgan fingerprint density at radius 2 is 2.17 bits per heavy atom. The monoisotopic (exact) mass is 338 g/mol. The van der Waals surface area contributed by atoms with E-state index in [1.54, 1.807) is 4.90 Å². The Morgan fingerprint density at radius 1 is 1.42 bits per heavy atom. The third-order valence-electron chi connectivity index (χ3n) is 5.26. The van der Waals surface area contributed by atoms with Crippen LogP contribution in [0.4, 0.5) is 15.6 Å². The van der Waals surface area contributed by atoms with Crippen molar-refractivity contribution in [2.75, 3.05) is 10.2 Å². The van der Waals surface area contributed by atoms with E-state index in [4.69, 9.17) is 4.74 Å². The summed E-state index contributed by atoms with van der Waals surface area (Å²) >= 11 is 1.50. The lowest BCUT2D eigenvalue weighted by molar-refractivity contribution is 0.0634. The number of ether oxygens (including phenoxy) is 1. The molecule has 0 radical (unpaired) electrons. The number of anilines is 2. The van der Waals surface area contributed by atoms with E-state index >= 15 is 0 Å². The summed E-state index contributed by atoms with van der Waals surface area (Å²) in [6, 6.07) is 9.84. The number of aromatic nitrogens is 1. The first-order valence-electron chi connectivity index (χ1n) is 7.86. The first-order chi connectivity index (χ1) is 11.6. The normalized spacial score (nSPS) is 28.6. The smallest absolute Gasteiger partial charge is 0.414 e. The molecule has 2 atom stereocenters. The first-order valence-corrected chi connectivity index (χ1v) is 8.74. The minimum atomic E-state index is -0.888. The maximum absolute atomic E-state index is 12.5. The van der Waals surface area contributed by atoms with Crippen molar-refractivity contribution in [3.05, 3.63) is 40.9 Å². The summed E-state index contributed by atoms with van der Waals surface area (Å²) in [5.41, 5.74) is 1.33. The van der Waals surface area contributed by atoms with E-state index in [1.165, 1.54) is 11.3 Å². The number of carbonyl (C=O) groups excluding carboxylic acids is 1. The van der Waals surface area contributed by atoms with Crippen LogP contribution in [0.3, 0.4) is 0 Å². The maximum Gasteiger partial charge on any atom is 0.417 e. The molecule has 1 aromatic carbocycles. The molecule has 2 aliphatic heterocycles. The van der Waals surface area contributed by atoms with Gasteiger partial charge in [-0.25, -0.2) is 9.78 Å². The molecular weight excluding hydrogens is 324 g/mol. The molecule has 3 heterocycles. The number of nitrogens with zero attached hydrogens (tertiary/aromatic N) is 3. The topological polar surface area (TPSA) is 78.2 Å². The molecule has 1 aromatic heterocycles. The predicted octanol–water partition coefficient (Wildman–Crippen LogP) is 3.32. The number of amides is 1. The van der Waals surface area contributed by atoms with Crippen LogP contribution in [0.25, 0.3) is 0 Å². The lowest BCUT2D eigenvalue weighted by atomic mass is 9.97. The zero-order chi connectivity index (χ0) is 16.5. The Bertz CT molecular complexity index is 896. The Morgan fingerprint density at radius 3 is 2.71 bits per heavy atom. The summed E-state index contributed by atoms with van der Waals surface area (Å²) in [7, 11) is 0. The molecule has 2 aromatic rings. The zero-order valence-corrected chi connectivity index (χ0v) is 13.8. The highest BCUT2D eigenvalue weighted by molar-refractivity contribution is 7.14. The van der Waals surface area contributed by atoms with Crippen LogP contribution in [0.1, 0.15) is 31.0 Å². The summed E-state index contributed by atoms with van der Waals surface area (Å²) in [5.74, 6) is 0. The number of thiazole rings is 1. The Balaban J connectivity index is 1.48. The van der Waals surface area contributed by atoms with Crippen molar-refractivity contribution in [3.8, 4) is 6.07 Å². The zero-order valence-electron chi connectivity index (χ0n) is 12.9. The van der Waals surface area contributed by atoms with Gasteiger partial charge in [0, 0.05) is 11.1 Å². The third-order valence-corrected chi connectivity index (χ3v) is 6.02. The van der Waals surface area contributed by atoms with Crippen LogP contribution in [0.5, 0.6) is 0 Å². The van der Waals surface area contributed by atoms with Gasteiger partial charge in [-0.05, 0) is 37.5 Å². The van der Waals surface area contributed by atoms with E-state index in [0.29, 0.717) is 0 Å². The predicted molar refractivity (Wildman–Crippen MR) is 88.8 cm³/mol. The average molecular weight is 338 g/mol. The van der Waals surface area contributed by atoms with Gasteiger partial charge in [0.1, 0.15) is 11.7 Å². The molecule has 120 valence electrons. The van der Waals surface area contributed by atoms with Crippen molar-refractivity contribution in [1.29, 1.82) is 5.26 Å². The quantitative estimate of drug-likeness (QED) is 0.909. The summed E-state index contributed by atoms with van der Waals surface area (Å²) in [6.07, 6.45) is 1.42. The molecule has 1 amide bonds. The average Bonchev–Trinajstić information content (AvgIpc) is 3.04. The van der Waals surface area contributed by atoms with Crippen molar-refractivity contribution in [2.45, 2.75) is 36.9 Å². The molecule has 2 bridgehead atoms. The number of fused-ring (bicyclic) bond motifs is 3. The summed E-state index contributed by atoms with van der Waals surface area (Å²) in [4.78, 5) is 18.5. The lowest BCUT2D eigenvalue weighted by Crippen LogP contribution is -2.45. The molecular formula is C17H14N4O2S. The lowest BCUT2D eigenvalue weighted by Gasteiger charge is -2.29. The molecule has 24 heavy (non-hydrogen) atoms. The summed E-state index contributed by atoms with van der Waals surface area (Å²) in [6.45, 7) is 1.95. The number of nitriles is 1. The van der Waals surface area contributed by atoms with E-state index in [9.17, 15) is 10.1 Å². The first kappa shape index (κ1) is 13.8. The van der Waals surface area contributed by atoms with Gasteiger partial charge < -0.3 is 10.1 Å². The fourth-order valence-electron chi connectivity index (χ4n) is 3.59. The highest BCUT2D eigenvalue weighted by Gasteiger charge is 2.58. The van der Waals surface area contributed by atoms with Crippen LogP contribution in [0, 0.1) is 11.3 Å². The van der Waals surface area contributed by atoms with E-state index in [2.05, 4.69) is 16.4 Å². The van der Waals surface area contributed by atoms with Crippen molar-refractivity contribution in [1.82, 2.24) is 4.98 Å². The number of carbonyl (C=O) groups is 1. The van der Waals surface area contributed by atoms with Crippen molar-refractivity contribution in [2.24, 2.45) is 0 Å². The van der Waals surface area contributed by atoms with Gasteiger partial charge in [-0.15, -0.1) is 11.3 Å². The van der Waals surface area contributed by atoms with Gasteiger partial charge >= 0.3 is 6.09 Å². The van der Waals surface area contributed by atoms with Crippen LogP contribution < -0.4 is 10.2 Å². The molecule has 1 N–H and O–H groups in total. The SMILES string of the molecule is CC1N(c2ccc(C3(C#N)CC3)cc2)C(=O)O[C@@]12Nc1nc2cs1. The number of hydrogen-bond acceptors (Lipinski definition) is 6. The Labute approximate surface area is 142 Å². The van der Waals surface area contributed by atoms with E-state index in [0.717, 1.165) is 34.9 Å². The van der Waals surface area contributed by atoms with Gasteiger partial charge in [-0.2, -0.15) is 5.26 Å². The second-order valence-electron chi connectivity index (χ2n) is 6.55. The fraction of sp³-hybridized carbons (Fsp3) is 0.353. The molecule has 3 aliphatic rings. The Hall–Kier alpha value is -2.59. The standard InChI is InChI=1S/C17H14N4O2S/c1-10-17(13-8-24-14(19-13)20-17)23-15(22)21(10)12-4-2-11(3-5-12)16(9-18)6-7-16/h2-5,8,10H,6-7H2,1H3,(H,19,20)/t10?,17-/m0/s1. The Kier molecular flexibility index (Phi) is 2.46. The molecule has 1 saturated heterocycles. The second-order valence-corrected chi connectivity index (χ2v) is 7.41. The van der Waals surface area contributed by atoms with Gasteiger partial charge in [0.15, 0.2) is 5.13 Å². The van der Waals surface area contributed by atoms with Gasteiger partial charge in [-0.3, -0.25) is 4.90 Å². The maximum atomic E-state index is 12.5. The van der Waals surface area contributed by atoms with Crippen LogP contribution in [-0.2, 0) is 15.9 Å². The number of benzene rings is 1. The van der Waals surface area contributed by atoms with Crippen LogP contribution in [0.2, 0.25) is 0 Å². The van der Waals surface area contributed by atoms with E-state index in [-0.39, 0.29) is 11.5 Å². The van der Waals surface area contributed by atoms with Crippen molar-refractivity contribution < 1.29 is 9.53 Å². The van der Waals surface area contributed by atoms with Gasteiger partial charge in [0.2, 0.25) is 0 Å². The van der Waals surface area contributed by atoms with Crippen LogP contribution in [0.15, 0.2) is 29.6 Å². The van der Waals surface area contributed by atoms with Crippen LogP contribution in [-0.4, -0.2) is 17.1 Å². The van der Waals surface area contributed by atoms with Crippen LogP contribution >= 0.6 is 11.3 Å². The summed E-state index contributed by atoms with van der Waals surface area (Å²) < 4.78 is 5.68. The minimum absolute atomic E-state index is 0.227. The minimum Gasteiger partial charge on any atom is -0.414 e. The highest BCUT2D eigenvalue weighted by Crippen LogP contribution is 2.49. The van der Waals surface area contributed by atoms with Gasteiger partial charge in [0.05, 0.1) is 11.5 Å². The van der Waals surface area contributed by atoms with Gasteiger partial charge in [0.25, 0.3) is 5.72 Å². The molecule has 5 rings (SSSR count). The summed E-state index contributed by atoms with van der Waals surface area (Å²) in [5, 5.41) is 15.2. The largest absolute Gasteiger partial charge is 0.417 e. The molecule has 1 saturated carbocycles. The van der Waals surface area contributed by atoms with Crippen molar-refractivity contribution >= 4 is 28.2 Å². The fourth-order valence-corrected chi connectivity index (χ4v) is 4.41. The van der Waals surface area contributed by atoms with E-state index in [1.807, 2.05) is 36.6 Å². The van der Waals surface area contributed by atoms with Crippen molar-refractivity contribution in [3.63, 3.8) is 0 Å². The number of hydrogen-bond donors (Lipinski definition) is 1. The molecule has 1 unspecified atom stereocenters. The second kappa shape index (κ2) is 4.28. The third kappa shape index (κ3) is 1.59. The number of rotatable bonds is 2. The molecule has 1 spiro atoms. The molecule has 1 aliphatic carbocycles. The van der Waals surface area contributed by atoms with Gasteiger partial charge in [-0.1, -0.05) is 12.1 Å². The molecule has 2 fully saturated rings. The molecule has 6 nitrogen and oxygen atoms in total.